The predicted octanol–water partition coefficient (Wildman–Crippen LogP) is 2.73. The monoisotopic (exact) mass is 385 g/mol. The van der Waals surface area contributed by atoms with Crippen LogP contribution < -0.4 is 4.74 Å². The van der Waals surface area contributed by atoms with Crippen molar-refractivity contribution in [3.8, 4) is 5.75 Å². The van der Waals surface area contributed by atoms with E-state index in [9.17, 15) is 10.2 Å². The minimum absolute atomic E-state index is 0.0626. The first-order valence-electron chi connectivity index (χ1n) is 9.16. The first kappa shape index (κ1) is 21.8. The molecule has 0 radical (unpaired) electrons. The summed E-state index contributed by atoms with van der Waals surface area (Å²) in [6.07, 6.45) is 2.64. The van der Waals surface area contributed by atoms with Crippen LogP contribution in [-0.4, -0.2) is 47.2 Å². The lowest BCUT2D eigenvalue weighted by Gasteiger charge is -2.12. The molecule has 0 saturated heterocycles. The Morgan fingerprint density at radius 3 is 2.75 bits per heavy atom. The highest BCUT2D eigenvalue weighted by Gasteiger charge is 2.11. The minimum atomic E-state index is -0.738. The number of hydrogen-bond acceptors (Lipinski definition) is 6. The second kappa shape index (κ2) is 12.1. The fraction of sp³-hybridized carbons (Fsp3) is 0.364. The SMILES string of the molecule is COCC(=C=CC[C@@H](O)c1cccc(OCCO)c1)C[C@@H](O)c1ccccn1. The highest BCUT2D eigenvalue weighted by Crippen LogP contribution is 2.23. The van der Waals surface area contributed by atoms with Crippen LogP contribution in [0.4, 0.5) is 0 Å². The average molecular weight is 385 g/mol. The zero-order chi connectivity index (χ0) is 20.2. The molecule has 0 aliphatic rings. The van der Waals surface area contributed by atoms with Gasteiger partial charge >= 0.3 is 0 Å². The molecule has 28 heavy (non-hydrogen) atoms. The van der Waals surface area contributed by atoms with Gasteiger partial charge in [-0.05, 0) is 41.5 Å². The molecule has 1 heterocycles. The molecule has 0 fully saturated rings. The first-order chi connectivity index (χ1) is 13.6. The summed E-state index contributed by atoms with van der Waals surface area (Å²) in [5.74, 6) is 0.601. The van der Waals surface area contributed by atoms with Crippen molar-refractivity contribution in [2.24, 2.45) is 0 Å². The van der Waals surface area contributed by atoms with E-state index < -0.39 is 12.2 Å². The summed E-state index contributed by atoms with van der Waals surface area (Å²) in [6.45, 7) is 0.481. The molecule has 2 atom stereocenters. The van der Waals surface area contributed by atoms with Crippen LogP contribution in [0.2, 0.25) is 0 Å². The van der Waals surface area contributed by atoms with Crippen LogP contribution >= 0.6 is 0 Å². The number of pyridine rings is 1. The lowest BCUT2D eigenvalue weighted by Crippen LogP contribution is -2.04. The molecule has 0 bridgehead atoms. The number of methoxy groups -OCH3 is 1. The summed E-state index contributed by atoms with van der Waals surface area (Å²) in [6, 6.07) is 12.5. The third-order valence-electron chi connectivity index (χ3n) is 4.04. The second-order valence-electron chi connectivity index (χ2n) is 6.26. The zero-order valence-electron chi connectivity index (χ0n) is 16.0. The fourth-order valence-corrected chi connectivity index (χ4v) is 2.67. The summed E-state index contributed by atoms with van der Waals surface area (Å²) >= 11 is 0. The van der Waals surface area contributed by atoms with Gasteiger partial charge in [-0.2, -0.15) is 0 Å². The Bertz CT molecular complexity index is 772. The Morgan fingerprint density at radius 2 is 2.04 bits per heavy atom. The minimum Gasteiger partial charge on any atom is -0.491 e. The van der Waals surface area contributed by atoms with E-state index in [0.717, 1.165) is 11.1 Å². The Morgan fingerprint density at radius 1 is 1.18 bits per heavy atom. The van der Waals surface area contributed by atoms with Crippen molar-refractivity contribution in [1.82, 2.24) is 4.98 Å². The molecule has 1 aromatic heterocycles. The van der Waals surface area contributed by atoms with E-state index >= 15 is 0 Å². The summed E-state index contributed by atoms with van der Waals surface area (Å²) in [5.41, 5.74) is 5.22. The van der Waals surface area contributed by atoms with Gasteiger partial charge in [-0.15, -0.1) is 5.73 Å². The highest BCUT2D eigenvalue weighted by atomic mass is 16.5. The van der Waals surface area contributed by atoms with E-state index in [1.165, 1.54) is 0 Å². The van der Waals surface area contributed by atoms with E-state index in [2.05, 4.69) is 10.7 Å². The van der Waals surface area contributed by atoms with Gasteiger partial charge in [0.25, 0.3) is 0 Å². The number of rotatable bonds is 11. The van der Waals surface area contributed by atoms with E-state index in [-0.39, 0.29) is 13.2 Å². The number of hydrogen-bond donors (Lipinski definition) is 3. The molecule has 150 valence electrons. The molecule has 0 aliphatic heterocycles. The third kappa shape index (κ3) is 7.27. The largest absolute Gasteiger partial charge is 0.491 e. The quantitative estimate of drug-likeness (QED) is 0.515. The number of aliphatic hydroxyl groups excluding tert-OH is 3. The van der Waals surface area contributed by atoms with Gasteiger partial charge in [-0.25, -0.2) is 0 Å². The lowest BCUT2D eigenvalue weighted by molar-refractivity contribution is 0.160. The second-order valence-corrected chi connectivity index (χ2v) is 6.26. The smallest absolute Gasteiger partial charge is 0.119 e. The number of aliphatic hydroxyl groups is 3. The predicted molar refractivity (Wildman–Crippen MR) is 106 cm³/mol. The summed E-state index contributed by atoms with van der Waals surface area (Å²) in [4.78, 5) is 4.16. The van der Waals surface area contributed by atoms with Gasteiger partial charge in [0, 0.05) is 26.1 Å². The van der Waals surface area contributed by atoms with Gasteiger partial charge in [-0.3, -0.25) is 4.98 Å². The topological polar surface area (TPSA) is 92.0 Å². The van der Waals surface area contributed by atoms with E-state index in [1.54, 1.807) is 49.7 Å². The Balaban J connectivity index is 2.02. The zero-order valence-corrected chi connectivity index (χ0v) is 16.0. The van der Waals surface area contributed by atoms with Gasteiger partial charge in [-0.1, -0.05) is 18.2 Å². The lowest BCUT2D eigenvalue weighted by atomic mass is 10.0. The summed E-state index contributed by atoms with van der Waals surface area (Å²) in [7, 11) is 1.58. The van der Waals surface area contributed by atoms with Crippen LogP contribution in [0.3, 0.4) is 0 Å². The van der Waals surface area contributed by atoms with E-state index in [4.69, 9.17) is 14.6 Å². The molecular weight excluding hydrogens is 358 g/mol. The van der Waals surface area contributed by atoms with Crippen molar-refractivity contribution in [3.05, 3.63) is 77.3 Å². The van der Waals surface area contributed by atoms with E-state index in [1.807, 2.05) is 12.1 Å². The van der Waals surface area contributed by atoms with Gasteiger partial charge in [0.1, 0.15) is 18.5 Å². The highest BCUT2D eigenvalue weighted by molar-refractivity contribution is 5.30. The normalized spacial score (nSPS) is 12.7. The molecule has 6 nitrogen and oxygen atoms in total. The van der Waals surface area contributed by atoms with Crippen LogP contribution in [-0.2, 0) is 4.74 Å². The molecule has 1 aromatic carbocycles. The maximum absolute atomic E-state index is 10.4. The summed E-state index contributed by atoms with van der Waals surface area (Å²) in [5, 5.41) is 29.6. The molecule has 2 aromatic rings. The van der Waals surface area contributed by atoms with Crippen LogP contribution in [0.25, 0.3) is 0 Å². The van der Waals surface area contributed by atoms with Crippen LogP contribution in [0, 0.1) is 0 Å². The standard InChI is InChI=1S/C22H27NO5/c1-27-16-17(14-22(26)20-9-2-3-11-23-20)6-4-10-21(25)18-7-5-8-19(15-18)28-13-12-24/h2-5,7-9,11,15,21-22,24-26H,10,12-14,16H2,1H3/t6?,21-,22-/m1/s1. The molecular formula is C22H27NO5. The van der Waals surface area contributed by atoms with Gasteiger partial charge in [0.2, 0.25) is 0 Å². The number of benzene rings is 1. The maximum atomic E-state index is 10.4. The van der Waals surface area contributed by atoms with Crippen molar-refractivity contribution in [2.45, 2.75) is 25.0 Å². The van der Waals surface area contributed by atoms with Crippen molar-refractivity contribution in [1.29, 1.82) is 0 Å². The molecule has 0 saturated carbocycles. The summed E-state index contributed by atoms with van der Waals surface area (Å²) < 4.78 is 10.6. The van der Waals surface area contributed by atoms with Crippen LogP contribution in [0.1, 0.15) is 36.3 Å². The van der Waals surface area contributed by atoms with Crippen LogP contribution in [0.5, 0.6) is 5.75 Å². The van der Waals surface area contributed by atoms with Crippen molar-refractivity contribution < 1.29 is 24.8 Å². The molecule has 6 heteroatoms. The first-order valence-corrected chi connectivity index (χ1v) is 9.16. The van der Waals surface area contributed by atoms with Crippen molar-refractivity contribution in [3.63, 3.8) is 0 Å². The van der Waals surface area contributed by atoms with Crippen molar-refractivity contribution in [2.75, 3.05) is 26.9 Å². The molecule has 0 spiro atoms. The van der Waals surface area contributed by atoms with Gasteiger partial charge < -0.3 is 24.8 Å². The average Bonchev–Trinajstić information content (AvgIpc) is 2.73. The number of ether oxygens (including phenoxy) is 2. The number of nitrogens with zero attached hydrogens (tertiary/aromatic N) is 1. The van der Waals surface area contributed by atoms with Crippen LogP contribution in [0.15, 0.2) is 66.0 Å². The molecule has 0 unspecified atom stereocenters. The maximum Gasteiger partial charge on any atom is 0.119 e. The third-order valence-corrected chi connectivity index (χ3v) is 4.04. The number of aromatic nitrogens is 1. The molecule has 3 N–H and O–H groups in total. The Hall–Kier alpha value is -2.47. The Kier molecular flexibility index (Phi) is 9.42. The Labute approximate surface area is 165 Å². The molecule has 2 rings (SSSR count). The molecule has 0 amide bonds. The van der Waals surface area contributed by atoms with Gasteiger partial charge in [0.05, 0.1) is 25.0 Å². The molecule has 0 aliphatic carbocycles. The van der Waals surface area contributed by atoms with E-state index in [0.29, 0.717) is 30.9 Å². The van der Waals surface area contributed by atoms with Crippen molar-refractivity contribution >= 4 is 0 Å². The fourth-order valence-electron chi connectivity index (χ4n) is 2.67. The van der Waals surface area contributed by atoms with Gasteiger partial charge in [0.15, 0.2) is 0 Å².